The van der Waals surface area contributed by atoms with E-state index in [9.17, 15) is 17.6 Å². The van der Waals surface area contributed by atoms with Crippen molar-refractivity contribution in [2.45, 2.75) is 13.3 Å². The third-order valence-electron chi connectivity index (χ3n) is 4.67. The van der Waals surface area contributed by atoms with Crippen LogP contribution in [0.4, 0.5) is 15.8 Å². The molecule has 140 valence electrons. The summed E-state index contributed by atoms with van der Waals surface area (Å²) in [5.41, 5.74) is 2.67. The Balaban J connectivity index is 1.65. The maximum Gasteiger partial charge on any atom is 0.258 e. The smallest absolute Gasteiger partial charge is 0.258 e. The molecule has 2 aromatic carbocycles. The van der Waals surface area contributed by atoms with Gasteiger partial charge in [0, 0.05) is 28.8 Å². The second-order valence-electron chi connectivity index (χ2n) is 6.56. The second kappa shape index (κ2) is 6.38. The number of nitrogens with one attached hydrogen (secondary N) is 2. The Morgan fingerprint density at radius 1 is 1.22 bits per heavy atom. The molecule has 3 aromatic rings. The molecule has 1 amide bonds. The summed E-state index contributed by atoms with van der Waals surface area (Å²) >= 11 is 0. The number of benzene rings is 2. The highest BCUT2D eigenvalue weighted by Gasteiger charge is 2.28. The number of H-pyrrole nitrogens is 1. The number of anilines is 2. The highest BCUT2D eigenvalue weighted by molar-refractivity contribution is 7.93. The number of rotatable bonds is 3. The minimum Gasteiger partial charge on any atom is -0.358 e. The van der Waals surface area contributed by atoms with Crippen molar-refractivity contribution in [3.05, 3.63) is 59.5 Å². The molecular weight excluding hydrogens is 369 g/mol. The largest absolute Gasteiger partial charge is 0.358 e. The quantitative estimate of drug-likeness (QED) is 0.723. The number of nitrogens with zero attached hydrogens (tertiary/aromatic N) is 1. The van der Waals surface area contributed by atoms with Crippen LogP contribution in [0.2, 0.25) is 0 Å². The molecule has 0 radical (unpaired) electrons. The third-order valence-corrected chi connectivity index (χ3v) is 6.54. The molecule has 1 aliphatic rings. The molecule has 1 saturated heterocycles. The van der Waals surface area contributed by atoms with Crippen molar-refractivity contribution < 1.29 is 17.6 Å². The highest BCUT2D eigenvalue weighted by Crippen LogP contribution is 2.28. The lowest BCUT2D eigenvalue weighted by Gasteiger charge is -2.17. The lowest BCUT2D eigenvalue weighted by molar-refractivity contribution is 0.102. The molecule has 0 unspecified atom stereocenters. The number of amides is 1. The summed E-state index contributed by atoms with van der Waals surface area (Å²) < 4.78 is 39.2. The maximum absolute atomic E-state index is 13.6. The predicted molar refractivity (Wildman–Crippen MR) is 103 cm³/mol. The third kappa shape index (κ3) is 3.16. The van der Waals surface area contributed by atoms with E-state index < -0.39 is 15.8 Å². The topological polar surface area (TPSA) is 82.3 Å². The Morgan fingerprint density at radius 2 is 2.04 bits per heavy atom. The maximum atomic E-state index is 13.6. The van der Waals surface area contributed by atoms with Crippen LogP contribution in [-0.4, -0.2) is 31.6 Å². The number of aromatic amines is 1. The molecule has 27 heavy (non-hydrogen) atoms. The van der Waals surface area contributed by atoms with Crippen LogP contribution in [0.25, 0.3) is 10.9 Å². The van der Waals surface area contributed by atoms with Crippen LogP contribution in [0.5, 0.6) is 0 Å². The number of hydrogen-bond donors (Lipinski definition) is 2. The van der Waals surface area contributed by atoms with Crippen LogP contribution in [-0.2, 0) is 10.0 Å². The number of carbonyl (C=O) groups is 1. The highest BCUT2D eigenvalue weighted by atomic mass is 32.2. The van der Waals surface area contributed by atoms with Gasteiger partial charge in [-0.25, -0.2) is 12.8 Å². The van der Waals surface area contributed by atoms with E-state index in [-0.39, 0.29) is 11.7 Å². The van der Waals surface area contributed by atoms with E-state index >= 15 is 0 Å². The van der Waals surface area contributed by atoms with E-state index in [1.54, 1.807) is 37.3 Å². The molecule has 0 spiro atoms. The van der Waals surface area contributed by atoms with Crippen LogP contribution in [0.3, 0.4) is 0 Å². The normalized spacial score (nSPS) is 16.0. The van der Waals surface area contributed by atoms with Crippen molar-refractivity contribution in [3.8, 4) is 0 Å². The number of carbonyl (C=O) groups excluding carboxylic acids is 1. The van der Waals surface area contributed by atoms with Crippen LogP contribution < -0.4 is 9.62 Å². The minimum atomic E-state index is -3.29. The van der Waals surface area contributed by atoms with Crippen molar-refractivity contribution in [2.75, 3.05) is 21.9 Å². The average Bonchev–Trinajstić information content (AvgIpc) is 3.12. The first-order valence-corrected chi connectivity index (χ1v) is 10.2. The molecule has 4 rings (SSSR count). The zero-order valence-corrected chi connectivity index (χ0v) is 15.4. The molecular formula is C19H18FN3O3S. The van der Waals surface area contributed by atoms with Gasteiger partial charge in [-0.2, -0.15) is 0 Å². The lowest BCUT2D eigenvalue weighted by Crippen LogP contribution is -2.25. The first-order chi connectivity index (χ1) is 12.8. The van der Waals surface area contributed by atoms with E-state index in [0.717, 1.165) is 0 Å². The molecule has 0 bridgehead atoms. The molecule has 0 saturated carbocycles. The van der Waals surface area contributed by atoms with Gasteiger partial charge in [-0.3, -0.25) is 9.10 Å². The number of halogens is 1. The predicted octanol–water partition coefficient (Wildman–Crippen LogP) is 3.41. The summed E-state index contributed by atoms with van der Waals surface area (Å²) in [4.78, 5) is 15.9. The van der Waals surface area contributed by atoms with Crippen LogP contribution in [0.1, 0.15) is 22.5 Å². The molecule has 0 atom stereocenters. The van der Waals surface area contributed by atoms with Gasteiger partial charge in [-0.05, 0) is 49.7 Å². The molecule has 6 nitrogen and oxygen atoms in total. The fourth-order valence-corrected chi connectivity index (χ4v) is 5.01. The fourth-order valence-electron chi connectivity index (χ4n) is 3.45. The number of aryl methyl sites for hydroxylation is 1. The molecule has 1 aliphatic heterocycles. The molecule has 0 aliphatic carbocycles. The van der Waals surface area contributed by atoms with Gasteiger partial charge >= 0.3 is 0 Å². The van der Waals surface area contributed by atoms with Gasteiger partial charge in [0.05, 0.1) is 17.0 Å². The molecule has 1 aromatic heterocycles. The van der Waals surface area contributed by atoms with Crippen molar-refractivity contribution in [1.82, 2.24) is 4.98 Å². The van der Waals surface area contributed by atoms with Gasteiger partial charge in [0.25, 0.3) is 5.91 Å². The average molecular weight is 387 g/mol. The Morgan fingerprint density at radius 3 is 2.78 bits per heavy atom. The summed E-state index contributed by atoms with van der Waals surface area (Å²) in [5.74, 6) is -0.675. The SMILES string of the molecule is Cc1[nH]c2ccc(F)cc2c1C(=O)Nc1cccc(N2CCCS2(=O)=O)c1. The molecule has 1 fully saturated rings. The van der Waals surface area contributed by atoms with Crippen molar-refractivity contribution in [1.29, 1.82) is 0 Å². The first kappa shape index (κ1) is 17.5. The van der Waals surface area contributed by atoms with Crippen molar-refractivity contribution >= 4 is 38.2 Å². The number of sulfonamides is 1. The van der Waals surface area contributed by atoms with Gasteiger partial charge in [-0.15, -0.1) is 0 Å². The summed E-state index contributed by atoms with van der Waals surface area (Å²) in [5, 5.41) is 3.29. The summed E-state index contributed by atoms with van der Waals surface area (Å²) in [6, 6.07) is 11.0. The Hall–Kier alpha value is -2.87. The van der Waals surface area contributed by atoms with E-state index in [1.165, 1.54) is 16.4 Å². The van der Waals surface area contributed by atoms with Crippen LogP contribution >= 0.6 is 0 Å². The Labute approximate surface area is 156 Å². The van der Waals surface area contributed by atoms with Gasteiger partial charge in [0.1, 0.15) is 5.82 Å². The zero-order valence-electron chi connectivity index (χ0n) is 14.6. The van der Waals surface area contributed by atoms with Crippen molar-refractivity contribution in [3.63, 3.8) is 0 Å². The summed E-state index contributed by atoms with van der Waals surface area (Å²) in [6.07, 6.45) is 0.582. The van der Waals surface area contributed by atoms with Crippen molar-refractivity contribution in [2.24, 2.45) is 0 Å². The van der Waals surface area contributed by atoms with Crippen LogP contribution in [0, 0.1) is 12.7 Å². The van der Waals surface area contributed by atoms with E-state index in [0.29, 0.717) is 46.5 Å². The van der Waals surface area contributed by atoms with Gasteiger partial charge < -0.3 is 10.3 Å². The standard InChI is InChI=1S/C19H18FN3O3S/c1-12-18(16-10-13(20)6-7-17(16)21-12)19(24)22-14-4-2-5-15(11-14)23-8-3-9-27(23,25)26/h2,4-7,10-11,21H,3,8-9H2,1H3,(H,22,24). The molecule has 8 heteroatoms. The zero-order chi connectivity index (χ0) is 19.2. The van der Waals surface area contributed by atoms with E-state index in [1.807, 2.05) is 0 Å². The fraction of sp³-hybridized carbons (Fsp3) is 0.211. The Bertz CT molecular complexity index is 1150. The lowest BCUT2D eigenvalue weighted by atomic mass is 10.1. The Kier molecular flexibility index (Phi) is 4.15. The number of aromatic nitrogens is 1. The minimum absolute atomic E-state index is 0.129. The second-order valence-corrected chi connectivity index (χ2v) is 8.57. The van der Waals surface area contributed by atoms with E-state index in [4.69, 9.17) is 0 Å². The number of fused-ring (bicyclic) bond motifs is 1. The molecule has 2 N–H and O–H groups in total. The summed E-state index contributed by atoms with van der Waals surface area (Å²) in [7, 11) is -3.29. The molecule has 2 heterocycles. The van der Waals surface area contributed by atoms with E-state index in [2.05, 4.69) is 10.3 Å². The number of hydrogen-bond acceptors (Lipinski definition) is 3. The first-order valence-electron chi connectivity index (χ1n) is 8.55. The summed E-state index contributed by atoms with van der Waals surface area (Å²) in [6.45, 7) is 2.18. The van der Waals surface area contributed by atoms with Gasteiger partial charge in [0.2, 0.25) is 10.0 Å². The monoisotopic (exact) mass is 387 g/mol. The van der Waals surface area contributed by atoms with Gasteiger partial charge in [0.15, 0.2) is 0 Å². The van der Waals surface area contributed by atoms with Crippen LogP contribution in [0.15, 0.2) is 42.5 Å². The van der Waals surface area contributed by atoms with Gasteiger partial charge in [-0.1, -0.05) is 6.07 Å².